The Morgan fingerprint density at radius 1 is 1.47 bits per heavy atom. The Morgan fingerprint density at radius 3 is 2.82 bits per heavy atom. The lowest BCUT2D eigenvalue weighted by Gasteiger charge is -2.30. The van der Waals surface area contributed by atoms with Crippen molar-refractivity contribution in [2.75, 3.05) is 20.6 Å². The van der Waals surface area contributed by atoms with Gasteiger partial charge in [0.2, 0.25) is 0 Å². The van der Waals surface area contributed by atoms with Crippen LogP contribution in [0.15, 0.2) is 15.9 Å². The van der Waals surface area contributed by atoms with Crippen LogP contribution in [0.2, 0.25) is 0 Å². The van der Waals surface area contributed by atoms with E-state index >= 15 is 0 Å². The lowest BCUT2D eigenvalue weighted by atomic mass is 9.97. The van der Waals surface area contributed by atoms with E-state index in [2.05, 4.69) is 52.4 Å². The highest BCUT2D eigenvalue weighted by molar-refractivity contribution is 9.11. The summed E-state index contributed by atoms with van der Waals surface area (Å²) >= 11 is 5.42. The summed E-state index contributed by atoms with van der Waals surface area (Å²) in [6, 6.07) is 5.64. The van der Waals surface area contributed by atoms with Gasteiger partial charge in [-0.2, -0.15) is 0 Å². The molecule has 2 nitrogen and oxygen atoms in total. The van der Waals surface area contributed by atoms with Crippen molar-refractivity contribution in [3.05, 3.63) is 20.8 Å². The molecule has 0 bridgehead atoms. The van der Waals surface area contributed by atoms with Crippen molar-refractivity contribution >= 4 is 27.3 Å². The predicted molar refractivity (Wildman–Crippen MR) is 78.7 cm³/mol. The van der Waals surface area contributed by atoms with Crippen LogP contribution in [0.1, 0.15) is 36.6 Å². The van der Waals surface area contributed by atoms with Crippen LogP contribution in [-0.2, 0) is 0 Å². The summed E-state index contributed by atoms with van der Waals surface area (Å²) in [6.45, 7) is 1.19. The van der Waals surface area contributed by atoms with Crippen LogP contribution >= 0.6 is 27.3 Å². The molecule has 0 saturated carbocycles. The molecule has 1 aliphatic rings. The number of piperidine rings is 1. The van der Waals surface area contributed by atoms with Crippen LogP contribution < -0.4 is 5.32 Å². The summed E-state index contributed by atoms with van der Waals surface area (Å²) in [4.78, 5) is 3.81. The van der Waals surface area contributed by atoms with Gasteiger partial charge in [0, 0.05) is 17.0 Å². The van der Waals surface area contributed by atoms with E-state index in [1.165, 1.54) is 40.9 Å². The van der Waals surface area contributed by atoms with Gasteiger partial charge < -0.3 is 10.2 Å². The summed E-state index contributed by atoms with van der Waals surface area (Å²) in [7, 11) is 4.36. The fourth-order valence-corrected chi connectivity index (χ4v) is 4.12. The molecular weight excluding hydrogens is 296 g/mol. The van der Waals surface area contributed by atoms with Gasteiger partial charge in [0.25, 0.3) is 0 Å². The largest absolute Gasteiger partial charge is 0.314 e. The van der Waals surface area contributed by atoms with Crippen LogP contribution in [0.5, 0.6) is 0 Å². The molecule has 96 valence electrons. The van der Waals surface area contributed by atoms with Gasteiger partial charge >= 0.3 is 0 Å². The number of nitrogens with one attached hydrogen (secondary N) is 1. The molecule has 2 heterocycles. The molecule has 2 atom stereocenters. The minimum absolute atomic E-state index is 0.543. The Hall–Kier alpha value is 0.1000. The van der Waals surface area contributed by atoms with Crippen LogP contribution in [0.3, 0.4) is 0 Å². The van der Waals surface area contributed by atoms with Gasteiger partial charge in [0.05, 0.1) is 3.79 Å². The van der Waals surface area contributed by atoms with Crippen LogP contribution in [0.25, 0.3) is 0 Å². The van der Waals surface area contributed by atoms with E-state index in [1.54, 1.807) is 0 Å². The Kier molecular flexibility index (Phi) is 5.03. The molecule has 1 aromatic heterocycles. The number of rotatable bonds is 4. The van der Waals surface area contributed by atoms with Crippen molar-refractivity contribution in [1.29, 1.82) is 0 Å². The quantitative estimate of drug-likeness (QED) is 0.912. The Morgan fingerprint density at radius 2 is 2.29 bits per heavy atom. The molecule has 0 aromatic carbocycles. The summed E-state index contributed by atoms with van der Waals surface area (Å²) in [5.74, 6) is 0. The second-order valence-corrected chi connectivity index (χ2v) is 7.50. The minimum Gasteiger partial charge on any atom is -0.314 e. The highest BCUT2D eigenvalue weighted by Crippen LogP contribution is 2.33. The van der Waals surface area contributed by atoms with E-state index in [0.29, 0.717) is 12.1 Å². The van der Waals surface area contributed by atoms with E-state index in [-0.39, 0.29) is 0 Å². The van der Waals surface area contributed by atoms with E-state index in [4.69, 9.17) is 0 Å². The first-order chi connectivity index (χ1) is 8.16. The highest BCUT2D eigenvalue weighted by atomic mass is 79.9. The van der Waals surface area contributed by atoms with Crippen molar-refractivity contribution < 1.29 is 0 Å². The zero-order valence-electron chi connectivity index (χ0n) is 10.6. The lowest BCUT2D eigenvalue weighted by Crippen LogP contribution is -2.37. The van der Waals surface area contributed by atoms with Crippen molar-refractivity contribution in [3.63, 3.8) is 0 Å². The van der Waals surface area contributed by atoms with Crippen LogP contribution in [0.4, 0.5) is 0 Å². The number of thiophene rings is 1. The molecule has 1 aliphatic heterocycles. The lowest BCUT2D eigenvalue weighted by molar-refractivity contribution is 0.243. The minimum atomic E-state index is 0.543. The maximum atomic E-state index is 3.65. The number of halogens is 1. The van der Waals surface area contributed by atoms with E-state index in [0.717, 1.165) is 0 Å². The molecule has 2 rings (SSSR count). The van der Waals surface area contributed by atoms with E-state index < -0.39 is 0 Å². The van der Waals surface area contributed by atoms with Gasteiger partial charge in [-0.15, -0.1) is 11.3 Å². The molecule has 1 saturated heterocycles. The predicted octanol–water partition coefficient (Wildman–Crippen LogP) is 3.65. The third kappa shape index (κ3) is 3.78. The molecule has 0 amide bonds. The third-order valence-electron chi connectivity index (χ3n) is 3.47. The normalized spacial score (nSPS) is 22.9. The summed E-state index contributed by atoms with van der Waals surface area (Å²) in [5, 5.41) is 3.65. The number of hydrogen-bond acceptors (Lipinski definition) is 3. The monoisotopic (exact) mass is 316 g/mol. The van der Waals surface area contributed by atoms with Gasteiger partial charge in [-0.3, -0.25) is 0 Å². The van der Waals surface area contributed by atoms with Gasteiger partial charge in [0.15, 0.2) is 0 Å². The molecule has 0 radical (unpaired) electrons. The maximum Gasteiger partial charge on any atom is 0.0701 e. The third-order valence-corrected chi connectivity index (χ3v) is 5.19. The summed E-state index contributed by atoms with van der Waals surface area (Å²) < 4.78 is 1.23. The molecule has 1 N–H and O–H groups in total. The molecule has 2 unspecified atom stereocenters. The molecule has 1 fully saturated rings. The molecule has 17 heavy (non-hydrogen) atoms. The topological polar surface area (TPSA) is 15.3 Å². The van der Waals surface area contributed by atoms with Crippen molar-refractivity contribution in [3.8, 4) is 0 Å². The summed E-state index contributed by atoms with van der Waals surface area (Å²) in [5.41, 5.74) is 0. The van der Waals surface area contributed by atoms with Gasteiger partial charge in [-0.05, 0) is 68.0 Å². The first-order valence-corrected chi connectivity index (χ1v) is 7.93. The zero-order valence-corrected chi connectivity index (χ0v) is 13.0. The Bertz CT molecular complexity index is 345. The van der Waals surface area contributed by atoms with E-state index in [1.807, 2.05) is 11.3 Å². The Balaban J connectivity index is 2.01. The van der Waals surface area contributed by atoms with Crippen molar-refractivity contribution in [1.82, 2.24) is 10.2 Å². The standard InChI is InChI=1S/C13H21BrN2S/c1-16(2)11(12-6-7-13(14)17-12)9-10-5-3-4-8-15-10/h6-7,10-11,15H,3-5,8-9H2,1-2H3. The van der Waals surface area contributed by atoms with Gasteiger partial charge in [0.1, 0.15) is 0 Å². The smallest absolute Gasteiger partial charge is 0.0701 e. The number of hydrogen-bond donors (Lipinski definition) is 1. The highest BCUT2D eigenvalue weighted by Gasteiger charge is 2.22. The van der Waals surface area contributed by atoms with E-state index in [9.17, 15) is 0 Å². The van der Waals surface area contributed by atoms with Gasteiger partial charge in [-0.1, -0.05) is 6.42 Å². The van der Waals surface area contributed by atoms with Crippen molar-refractivity contribution in [2.45, 2.75) is 37.8 Å². The van der Waals surface area contributed by atoms with Crippen LogP contribution in [-0.4, -0.2) is 31.6 Å². The van der Waals surface area contributed by atoms with Crippen LogP contribution in [0, 0.1) is 0 Å². The van der Waals surface area contributed by atoms with Gasteiger partial charge in [-0.25, -0.2) is 0 Å². The zero-order chi connectivity index (χ0) is 12.3. The maximum absolute atomic E-state index is 3.65. The molecule has 0 aliphatic carbocycles. The van der Waals surface area contributed by atoms with Crippen molar-refractivity contribution in [2.24, 2.45) is 0 Å². The fraction of sp³-hybridized carbons (Fsp3) is 0.692. The first kappa shape index (κ1) is 13.5. The SMILES string of the molecule is CN(C)C(CC1CCCCN1)c1ccc(Br)s1. The number of nitrogens with zero attached hydrogens (tertiary/aromatic N) is 1. The molecule has 0 spiro atoms. The second kappa shape index (κ2) is 6.32. The molecule has 4 heteroatoms. The second-order valence-electron chi connectivity index (χ2n) is 5.00. The average molecular weight is 317 g/mol. The molecular formula is C13H21BrN2S. The summed E-state index contributed by atoms with van der Waals surface area (Å²) in [6.07, 6.45) is 5.27. The molecule has 1 aromatic rings. The average Bonchev–Trinajstić information content (AvgIpc) is 2.73. The fourth-order valence-electron chi connectivity index (χ4n) is 2.48. The first-order valence-electron chi connectivity index (χ1n) is 6.32. The Labute approximate surface area is 117 Å².